The molecule has 0 aliphatic carbocycles. The minimum Gasteiger partial charge on any atom is -0.480 e. The summed E-state index contributed by atoms with van der Waals surface area (Å²) in [5, 5.41) is 9.20. The van der Waals surface area contributed by atoms with Crippen molar-refractivity contribution in [3.8, 4) is 0 Å². The van der Waals surface area contributed by atoms with Crippen LogP contribution in [-0.2, 0) is 14.6 Å². The molecule has 0 atom stereocenters. The van der Waals surface area contributed by atoms with Gasteiger partial charge in [0.25, 0.3) is 5.95 Å². The predicted octanol–water partition coefficient (Wildman–Crippen LogP) is 1.85. The standard InChI is InChI=1S/C10H12O4S/c1-8(10(11)14-2)15(12,13)9-6-4-3-5-7-9/h3-7,11H,1-2H3. The molecular formula is C10H12O4S. The van der Waals surface area contributed by atoms with Crippen LogP contribution < -0.4 is 0 Å². The number of sulfone groups is 1. The van der Waals surface area contributed by atoms with Gasteiger partial charge < -0.3 is 9.84 Å². The van der Waals surface area contributed by atoms with Crippen molar-refractivity contribution >= 4 is 9.84 Å². The predicted molar refractivity (Wildman–Crippen MR) is 56.0 cm³/mol. The van der Waals surface area contributed by atoms with E-state index >= 15 is 0 Å². The van der Waals surface area contributed by atoms with Gasteiger partial charge in [-0.3, -0.25) is 0 Å². The summed E-state index contributed by atoms with van der Waals surface area (Å²) in [6, 6.07) is 7.87. The maximum absolute atomic E-state index is 11.8. The van der Waals surface area contributed by atoms with E-state index < -0.39 is 15.8 Å². The quantitative estimate of drug-likeness (QED) is 0.802. The lowest BCUT2D eigenvalue weighted by Crippen LogP contribution is -2.06. The van der Waals surface area contributed by atoms with Crippen molar-refractivity contribution in [1.82, 2.24) is 0 Å². The minimum atomic E-state index is -3.65. The van der Waals surface area contributed by atoms with Gasteiger partial charge in [-0.15, -0.1) is 0 Å². The molecule has 0 fully saturated rings. The topological polar surface area (TPSA) is 63.6 Å². The van der Waals surface area contributed by atoms with Crippen molar-refractivity contribution < 1.29 is 18.3 Å². The fourth-order valence-electron chi connectivity index (χ4n) is 1.04. The van der Waals surface area contributed by atoms with Crippen molar-refractivity contribution in [3.05, 3.63) is 41.2 Å². The van der Waals surface area contributed by atoms with Crippen LogP contribution in [0.15, 0.2) is 46.1 Å². The largest absolute Gasteiger partial charge is 0.480 e. The van der Waals surface area contributed by atoms with Gasteiger partial charge in [-0.25, -0.2) is 8.42 Å². The first-order valence-corrected chi connectivity index (χ1v) is 5.72. The summed E-state index contributed by atoms with van der Waals surface area (Å²) in [6.07, 6.45) is 0. The Labute approximate surface area is 88.7 Å². The molecule has 1 aromatic carbocycles. The van der Waals surface area contributed by atoms with Crippen LogP contribution in [0.4, 0.5) is 0 Å². The maximum Gasteiger partial charge on any atom is 0.291 e. The number of allylic oxidation sites excluding steroid dienone is 1. The molecule has 0 spiro atoms. The molecule has 82 valence electrons. The lowest BCUT2D eigenvalue weighted by molar-refractivity contribution is 0.134. The minimum absolute atomic E-state index is 0.131. The van der Waals surface area contributed by atoms with E-state index in [9.17, 15) is 13.5 Å². The third kappa shape index (κ3) is 2.30. The smallest absolute Gasteiger partial charge is 0.291 e. The molecule has 1 N–H and O–H groups in total. The highest BCUT2D eigenvalue weighted by atomic mass is 32.2. The lowest BCUT2D eigenvalue weighted by atomic mass is 10.4. The highest BCUT2D eigenvalue weighted by Crippen LogP contribution is 2.20. The van der Waals surface area contributed by atoms with E-state index in [1.165, 1.54) is 26.2 Å². The molecule has 0 saturated heterocycles. The summed E-state index contributed by atoms with van der Waals surface area (Å²) in [4.78, 5) is -0.0673. The Hall–Kier alpha value is -1.49. The fourth-order valence-corrected chi connectivity index (χ4v) is 2.22. The van der Waals surface area contributed by atoms with Crippen LogP contribution in [0.1, 0.15) is 6.92 Å². The second-order valence-corrected chi connectivity index (χ2v) is 4.97. The van der Waals surface area contributed by atoms with Gasteiger partial charge in [0.1, 0.15) is 4.91 Å². The normalized spacial score (nSPS) is 13.2. The third-order valence-electron chi connectivity index (χ3n) is 1.95. The highest BCUT2D eigenvalue weighted by molar-refractivity contribution is 7.95. The molecule has 5 heteroatoms. The van der Waals surface area contributed by atoms with Crippen LogP contribution in [0, 0.1) is 0 Å². The summed E-state index contributed by atoms with van der Waals surface area (Å²) in [6.45, 7) is 1.29. The molecule has 0 aliphatic rings. The Morgan fingerprint density at radius 2 is 1.80 bits per heavy atom. The van der Waals surface area contributed by atoms with Gasteiger partial charge in [0, 0.05) is 0 Å². The lowest BCUT2D eigenvalue weighted by Gasteiger charge is -2.06. The van der Waals surface area contributed by atoms with Crippen LogP contribution in [-0.4, -0.2) is 20.6 Å². The summed E-state index contributed by atoms with van der Waals surface area (Å²) < 4.78 is 28.1. The second kappa shape index (κ2) is 4.35. The number of aliphatic hydroxyl groups excluding tert-OH is 1. The monoisotopic (exact) mass is 228 g/mol. The van der Waals surface area contributed by atoms with E-state index in [0.717, 1.165) is 0 Å². The number of hydrogen-bond acceptors (Lipinski definition) is 4. The summed E-state index contributed by atoms with van der Waals surface area (Å²) in [7, 11) is -2.44. The molecule has 0 unspecified atom stereocenters. The van der Waals surface area contributed by atoms with Crippen molar-refractivity contribution in [2.45, 2.75) is 11.8 Å². The number of ether oxygens (including phenoxy) is 1. The van der Waals surface area contributed by atoms with Gasteiger partial charge in [-0.1, -0.05) is 18.2 Å². The van der Waals surface area contributed by atoms with Crippen molar-refractivity contribution in [3.63, 3.8) is 0 Å². The van der Waals surface area contributed by atoms with Crippen LogP contribution >= 0.6 is 0 Å². The van der Waals surface area contributed by atoms with E-state index in [0.29, 0.717) is 0 Å². The molecule has 0 aliphatic heterocycles. The van der Waals surface area contributed by atoms with Gasteiger partial charge >= 0.3 is 0 Å². The van der Waals surface area contributed by atoms with E-state index in [1.807, 2.05) is 0 Å². The molecule has 0 bridgehead atoms. The van der Waals surface area contributed by atoms with E-state index in [2.05, 4.69) is 4.74 Å². The van der Waals surface area contributed by atoms with E-state index in [-0.39, 0.29) is 9.80 Å². The van der Waals surface area contributed by atoms with E-state index in [4.69, 9.17) is 0 Å². The molecule has 1 aromatic rings. The average molecular weight is 228 g/mol. The van der Waals surface area contributed by atoms with Crippen molar-refractivity contribution in [2.75, 3.05) is 7.11 Å². The number of methoxy groups -OCH3 is 1. The van der Waals surface area contributed by atoms with Gasteiger partial charge in [-0.2, -0.15) is 0 Å². The van der Waals surface area contributed by atoms with Gasteiger partial charge in [-0.05, 0) is 19.1 Å². The first kappa shape index (κ1) is 11.6. The molecule has 1 rings (SSSR count). The van der Waals surface area contributed by atoms with Gasteiger partial charge in [0.2, 0.25) is 9.84 Å². The van der Waals surface area contributed by atoms with Crippen LogP contribution in [0.25, 0.3) is 0 Å². The Balaban J connectivity index is 3.28. The zero-order chi connectivity index (χ0) is 11.5. The zero-order valence-electron chi connectivity index (χ0n) is 8.47. The average Bonchev–Trinajstić information content (AvgIpc) is 2.28. The fraction of sp³-hybridized carbons (Fsp3) is 0.200. The first-order valence-electron chi connectivity index (χ1n) is 4.24. The van der Waals surface area contributed by atoms with Gasteiger partial charge in [0.15, 0.2) is 0 Å². The molecule has 0 aromatic heterocycles. The van der Waals surface area contributed by atoms with Gasteiger partial charge in [0.05, 0.1) is 12.0 Å². The number of benzene rings is 1. The Bertz CT molecular complexity index is 459. The molecule has 15 heavy (non-hydrogen) atoms. The number of aliphatic hydroxyl groups is 1. The molecule has 0 amide bonds. The molecule has 4 nitrogen and oxygen atoms in total. The Kier molecular flexibility index (Phi) is 3.36. The van der Waals surface area contributed by atoms with Crippen LogP contribution in [0.5, 0.6) is 0 Å². The number of hydrogen-bond donors (Lipinski definition) is 1. The van der Waals surface area contributed by atoms with Crippen LogP contribution in [0.3, 0.4) is 0 Å². The Morgan fingerprint density at radius 3 is 2.27 bits per heavy atom. The molecular weight excluding hydrogens is 216 g/mol. The van der Waals surface area contributed by atoms with E-state index in [1.54, 1.807) is 18.2 Å². The maximum atomic E-state index is 11.8. The second-order valence-electron chi connectivity index (χ2n) is 2.88. The van der Waals surface area contributed by atoms with Crippen LogP contribution in [0.2, 0.25) is 0 Å². The third-order valence-corrected chi connectivity index (χ3v) is 3.82. The zero-order valence-corrected chi connectivity index (χ0v) is 9.28. The molecule has 0 saturated carbocycles. The highest BCUT2D eigenvalue weighted by Gasteiger charge is 2.21. The van der Waals surface area contributed by atoms with Crippen molar-refractivity contribution in [1.29, 1.82) is 0 Å². The number of rotatable bonds is 3. The summed E-state index contributed by atoms with van der Waals surface area (Å²) in [5.41, 5.74) is 0. The summed E-state index contributed by atoms with van der Waals surface area (Å²) >= 11 is 0. The molecule has 0 heterocycles. The Morgan fingerprint density at radius 1 is 1.27 bits per heavy atom. The molecule has 0 radical (unpaired) electrons. The summed E-state index contributed by atoms with van der Waals surface area (Å²) in [5.74, 6) is -0.584. The first-order chi connectivity index (χ1) is 7.00. The van der Waals surface area contributed by atoms with Crippen molar-refractivity contribution in [2.24, 2.45) is 0 Å². The SMILES string of the molecule is COC(O)=C(C)S(=O)(=O)c1ccccc1.